The zero-order chi connectivity index (χ0) is 15.8. The summed E-state index contributed by atoms with van der Waals surface area (Å²) in [5.41, 5.74) is 2.34. The van der Waals surface area contributed by atoms with E-state index in [4.69, 9.17) is 4.74 Å². The topological polar surface area (TPSA) is 26.3 Å². The van der Waals surface area contributed by atoms with Gasteiger partial charge in [0.15, 0.2) is 0 Å². The van der Waals surface area contributed by atoms with Crippen molar-refractivity contribution >= 4 is 16.4 Å². The Balaban J connectivity index is 1.78. The third-order valence-corrected chi connectivity index (χ3v) is 7.05. The molecule has 22 heavy (non-hydrogen) atoms. The van der Waals surface area contributed by atoms with Crippen molar-refractivity contribution in [3.05, 3.63) is 42.2 Å². The minimum atomic E-state index is -0.652. The van der Waals surface area contributed by atoms with Crippen LogP contribution in [0.2, 0.25) is 0 Å². The number of benzene rings is 1. The maximum Gasteiger partial charge on any atom is 0.0874 e. The highest BCUT2D eigenvalue weighted by molar-refractivity contribution is 7.86. The van der Waals surface area contributed by atoms with Crippen LogP contribution in [-0.2, 0) is 15.5 Å². The molecule has 0 amide bonds. The Labute approximate surface area is 137 Å². The molecule has 1 aromatic carbocycles. The van der Waals surface area contributed by atoms with Gasteiger partial charge in [0.05, 0.1) is 12.9 Å². The van der Waals surface area contributed by atoms with Crippen LogP contribution in [0.3, 0.4) is 0 Å². The van der Waals surface area contributed by atoms with Crippen molar-refractivity contribution in [2.45, 2.75) is 57.1 Å². The average Bonchev–Trinajstić information content (AvgIpc) is 2.57. The normalized spacial score (nSPS) is 25.9. The Bertz CT molecular complexity index is 509. The minimum absolute atomic E-state index is 0.0554. The summed E-state index contributed by atoms with van der Waals surface area (Å²) in [5, 5.41) is 0. The van der Waals surface area contributed by atoms with Gasteiger partial charge in [-0.25, -0.2) is 0 Å². The highest BCUT2D eigenvalue weighted by atomic mass is 32.2. The van der Waals surface area contributed by atoms with Crippen LogP contribution in [0.25, 0.3) is 5.57 Å². The monoisotopic (exact) mass is 320 g/mol. The van der Waals surface area contributed by atoms with Crippen molar-refractivity contribution in [1.82, 2.24) is 0 Å². The van der Waals surface area contributed by atoms with E-state index in [1.54, 1.807) is 0 Å². The molecule has 2 nitrogen and oxygen atoms in total. The summed E-state index contributed by atoms with van der Waals surface area (Å²) in [6, 6.07) is 10.3. The summed E-state index contributed by atoms with van der Waals surface area (Å²) >= 11 is 0. The van der Waals surface area contributed by atoms with Gasteiger partial charge in [-0.3, -0.25) is 4.21 Å². The lowest BCUT2D eigenvalue weighted by molar-refractivity contribution is 0.234. The Morgan fingerprint density at radius 2 is 2.09 bits per heavy atom. The van der Waals surface area contributed by atoms with Crippen LogP contribution in [0.1, 0.15) is 57.9 Å². The van der Waals surface area contributed by atoms with Gasteiger partial charge in [0.1, 0.15) is 0 Å². The minimum Gasteiger partial charge on any atom is -0.501 e. The van der Waals surface area contributed by atoms with Crippen molar-refractivity contribution < 1.29 is 8.95 Å². The number of ether oxygens (including phenoxy) is 1. The fraction of sp³-hybridized carbons (Fsp3) is 0.579. The second-order valence-electron chi connectivity index (χ2n) is 6.18. The molecule has 122 valence electrons. The summed E-state index contributed by atoms with van der Waals surface area (Å²) in [6.07, 6.45) is 8.36. The molecule has 2 atom stereocenters. The van der Waals surface area contributed by atoms with E-state index in [1.165, 1.54) is 12.0 Å². The molecule has 1 fully saturated rings. The predicted octanol–water partition coefficient (Wildman–Crippen LogP) is 4.93. The van der Waals surface area contributed by atoms with Gasteiger partial charge in [0, 0.05) is 21.3 Å². The Hall–Kier alpha value is -1.09. The molecule has 0 N–H and O–H groups in total. The quantitative estimate of drug-likeness (QED) is 0.526. The van der Waals surface area contributed by atoms with Crippen molar-refractivity contribution in [3.63, 3.8) is 0 Å². The van der Waals surface area contributed by atoms with Crippen molar-refractivity contribution in [2.75, 3.05) is 12.4 Å². The molecule has 1 aromatic rings. The maximum atomic E-state index is 12.4. The number of rotatable bonds is 7. The molecule has 1 saturated heterocycles. The Morgan fingerprint density at radius 3 is 2.77 bits per heavy atom. The maximum absolute atomic E-state index is 12.4. The van der Waals surface area contributed by atoms with E-state index in [2.05, 4.69) is 26.0 Å². The largest absolute Gasteiger partial charge is 0.501 e. The van der Waals surface area contributed by atoms with Gasteiger partial charge in [0.2, 0.25) is 0 Å². The van der Waals surface area contributed by atoms with Gasteiger partial charge in [-0.1, -0.05) is 43.7 Å². The fourth-order valence-corrected chi connectivity index (χ4v) is 5.16. The van der Waals surface area contributed by atoms with Crippen LogP contribution in [-0.4, -0.2) is 21.3 Å². The summed E-state index contributed by atoms with van der Waals surface area (Å²) in [7, 11) is -0.652. The highest BCUT2D eigenvalue weighted by Crippen LogP contribution is 2.35. The summed E-state index contributed by atoms with van der Waals surface area (Å²) in [4.78, 5) is 0. The van der Waals surface area contributed by atoms with Crippen LogP contribution in [0.15, 0.2) is 36.6 Å². The second kappa shape index (κ2) is 8.52. The summed E-state index contributed by atoms with van der Waals surface area (Å²) in [6.45, 7) is 4.96. The van der Waals surface area contributed by atoms with Crippen LogP contribution < -0.4 is 0 Å². The van der Waals surface area contributed by atoms with E-state index in [0.717, 1.165) is 43.4 Å². The number of allylic oxidation sites excluding steroid dienone is 1. The van der Waals surface area contributed by atoms with E-state index >= 15 is 0 Å². The molecule has 0 aliphatic carbocycles. The molecule has 0 bridgehead atoms. The van der Waals surface area contributed by atoms with Crippen LogP contribution >= 0.6 is 0 Å². The number of hydrogen-bond donors (Lipinski definition) is 0. The Kier molecular flexibility index (Phi) is 6.69. The molecule has 2 unspecified atom stereocenters. The third kappa shape index (κ3) is 4.45. The third-order valence-electron chi connectivity index (χ3n) is 4.72. The molecular formula is C19H28O2S. The van der Waals surface area contributed by atoms with Crippen molar-refractivity contribution in [1.29, 1.82) is 0 Å². The van der Waals surface area contributed by atoms with Crippen LogP contribution in [0, 0.1) is 0 Å². The molecule has 0 saturated carbocycles. The molecule has 0 aromatic heterocycles. The van der Waals surface area contributed by atoms with Gasteiger partial charge in [-0.15, -0.1) is 0 Å². The smallest absolute Gasteiger partial charge is 0.0874 e. The lowest BCUT2D eigenvalue weighted by Gasteiger charge is -2.35. The molecule has 2 rings (SSSR count). The first kappa shape index (κ1) is 17.3. The van der Waals surface area contributed by atoms with E-state index in [9.17, 15) is 4.21 Å². The van der Waals surface area contributed by atoms with E-state index in [1.807, 2.05) is 24.5 Å². The molecule has 3 heteroatoms. The van der Waals surface area contributed by atoms with E-state index < -0.39 is 10.8 Å². The standard InChI is InChI=1S/C19H28O2S/c1-3-19(12-7-8-15-22(19)20)13-9-14-21-16-17(2)18-10-5-4-6-11-18/h4-6,10-11,16H,3,7-9,12-15H2,1-2H3/b17-16-. The van der Waals surface area contributed by atoms with E-state index in [-0.39, 0.29) is 4.75 Å². The molecule has 1 aliphatic rings. The zero-order valence-corrected chi connectivity index (χ0v) is 14.7. The van der Waals surface area contributed by atoms with Crippen LogP contribution in [0.5, 0.6) is 0 Å². The molecular weight excluding hydrogens is 292 g/mol. The average molecular weight is 320 g/mol. The lowest BCUT2D eigenvalue weighted by Crippen LogP contribution is -2.38. The summed E-state index contributed by atoms with van der Waals surface area (Å²) < 4.78 is 18.1. The lowest BCUT2D eigenvalue weighted by atomic mass is 9.93. The molecule has 1 heterocycles. The Morgan fingerprint density at radius 1 is 1.32 bits per heavy atom. The van der Waals surface area contributed by atoms with Gasteiger partial charge in [-0.2, -0.15) is 0 Å². The zero-order valence-electron chi connectivity index (χ0n) is 13.8. The first-order valence-electron chi connectivity index (χ1n) is 8.40. The second-order valence-corrected chi connectivity index (χ2v) is 8.15. The molecule has 1 aliphatic heterocycles. The van der Waals surface area contributed by atoms with Gasteiger partial charge in [-0.05, 0) is 50.2 Å². The SMILES string of the molecule is CCC1(CCCO/C=C(/C)c2ccccc2)CCCCS1=O. The first-order chi connectivity index (χ1) is 10.7. The molecule has 0 radical (unpaired) electrons. The van der Waals surface area contributed by atoms with Crippen molar-refractivity contribution in [3.8, 4) is 0 Å². The van der Waals surface area contributed by atoms with Gasteiger partial charge in [0.25, 0.3) is 0 Å². The van der Waals surface area contributed by atoms with Gasteiger partial charge >= 0.3 is 0 Å². The van der Waals surface area contributed by atoms with Gasteiger partial charge < -0.3 is 4.74 Å². The number of hydrogen-bond acceptors (Lipinski definition) is 2. The van der Waals surface area contributed by atoms with E-state index in [0.29, 0.717) is 6.61 Å². The predicted molar refractivity (Wildman–Crippen MR) is 95.2 cm³/mol. The molecule has 0 spiro atoms. The highest BCUT2D eigenvalue weighted by Gasteiger charge is 2.36. The fourth-order valence-electron chi connectivity index (χ4n) is 3.19. The van der Waals surface area contributed by atoms with Crippen molar-refractivity contribution in [2.24, 2.45) is 0 Å². The summed E-state index contributed by atoms with van der Waals surface area (Å²) in [5.74, 6) is 0.891. The first-order valence-corrected chi connectivity index (χ1v) is 9.72. The van der Waals surface area contributed by atoms with Crippen LogP contribution in [0.4, 0.5) is 0 Å².